The molecule has 1 unspecified atom stereocenters. The van der Waals surface area contributed by atoms with Crippen molar-refractivity contribution < 1.29 is 9.18 Å². The molecule has 1 N–H and O–H groups in total. The average molecular weight is 395 g/mol. The number of hydrogen-bond donors (Lipinski definition) is 1. The van der Waals surface area contributed by atoms with Crippen LogP contribution in [0.3, 0.4) is 0 Å². The van der Waals surface area contributed by atoms with E-state index in [2.05, 4.69) is 22.2 Å². The van der Waals surface area contributed by atoms with E-state index in [1.807, 2.05) is 21.6 Å². The first kappa shape index (κ1) is 19.4. The maximum absolute atomic E-state index is 13.8. The summed E-state index contributed by atoms with van der Waals surface area (Å²) in [5.41, 5.74) is 2.00. The van der Waals surface area contributed by atoms with Crippen LogP contribution in [0.15, 0.2) is 42.9 Å². The van der Waals surface area contributed by atoms with E-state index >= 15 is 0 Å². The Hall–Kier alpha value is -2.96. The monoisotopic (exact) mass is 395 g/mol. The number of piperidine rings is 1. The minimum atomic E-state index is -0.311. The summed E-state index contributed by atoms with van der Waals surface area (Å²) < 4.78 is 15.6. The molecule has 1 aliphatic heterocycles. The smallest absolute Gasteiger partial charge is 0.224 e. The number of rotatable bonds is 6. The quantitative estimate of drug-likeness (QED) is 0.682. The van der Waals surface area contributed by atoms with Gasteiger partial charge in [0.1, 0.15) is 17.3 Å². The highest BCUT2D eigenvalue weighted by atomic mass is 19.1. The van der Waals surface area contributed by atoms with Gasteiger partial charge in [-0.3, -0.25) is 14.2 Å². The Morgan fingerprint density at radius 2 is 2.24 bits per heavy atom. The number of carbonyl (C=O) groups is 1. The molecular weight excluding hydrogens is 369 g/mol. The number of imidazole rings is 1. The number of carbonyl (C=O) groups excluding carboxylic acids is 1. The molecule has 0 bridgehead atoms. The maximum atomic E-state index is 13.8. The second-order valence-corrected chi connectivity index (χ2v) is 7.45. The first-order valence-corrected chi connectivity index (χ1v) is 10.3. The summed E-state index contributed by atoms with van der Waals surface area (Å²) in [6.45, 7) is 3.49. The van der Waals surface area contributed by atoms with Crippen molar-refractivity contribution >= 4 is 17.4 Å². The summed E-state index contributed by atoms with van der Waals surface area (Å²) in [4.78, 5) is 23.5. The fourth-order valence-electron chi connectivity index (χ4n) is 4.10. The van der Waals surface area contributed by atoms with Gasteiger partial charge in [0.25, 0.3) is 0 Å². The summed E-state index contributed by atoms with van der Waals surface area (Å²) in [6.07, 6.45) is 9.96. The van der Waals surface area contributed by atoms with Gasteiger partial charge < -0.3 is 10.2 Å². The third-order valence-corrected chi connectivity index (χ3v) is 5.58. The van der Waals surface area contributed by atoms with Crippen LogP contribution >= 0.6 is 0 Å². The van der Waals surface area contributed by atoms with Gasteiger partial charge in [0.2, 0.25) is 5.91 Å². The van der Waals surface area contributed by atoms with Crippen molar-refractivity contribution in [3.63, 3.8) is 0 Å². The number of nitrogens with zero attached hydrogens (tertiary/aromatic N) is 4. The lowest BCUT2D eigenvalue weighted by atomic mass is 9.99. The maximum Gasteiger partial charge on any atom is 0.224 e. The standard InChI is InChI=1S/C22H26FN5O/c1-2-18-8-3-4-12-27(18)20(29)9-10-25-22-21(16-6-5-7-17(23)14-16)26-19-15-24-11-13-28(19)22/h5-7,11,13-15,18,25H,2-4,8-10,12H2,1H3. The van der Waals surface area contributed by atoms with Gasteiger partial charge in [0, 0.05) is 43.5 Å². The molecule has 6 nitrogen and oxygen atoms in total. The largest absolute Gasteiger partial charge is 0.369 e. The van der Waals surface area contributed by atoms with Gasteiger partial charge in [0.05, 0.1) is 6.20 Å². The predicted octanol–water partition coefficient (Wildman–Crippen LogP) is 4.13. The van der Waals surface area contributed by atoms with Crippen molar-refractivity contribution in [3.8, 4) is 11.3 Å². The molecule has 4 rings (SSSR count). The first-order valence-electron chi connectivity index (χ1n) is 10.3. The zero-order valence-electron chi connectivity index (χ0n) is 16.6. The van der Waals surface area contributed by atoms with Gasteiger partial charge >= 0.3 is 0 Å². The highest BCUT2D eigenvalue weighted by Crippen LogP contribution is 2.29. The van der Waals surface area contributed by atoms with Crippen LogP contribution < -0.4 is 5.32 Å². The van der Waals surface area contributed by atoms with Gasteiger partial charge in [-0.1, -0.05) is 19.1 Å². The Kier molecular flexibility index (Phi) is 5.74. The van der Waals surface area contributed by atoms with Gasteiger partial charge in [-0.2, -0.15) is 0 Å². The summed E-state index contributed by atoms with van der Waals surface area (Å²) in [6, 6.07) is 6.73. The van der Waals surface area contributed by atoms with Crippen LogP contribution in [0.1, 0.15) is 39.0 Å². The van der Waals surface area contributed by atoms with Crippen LogP contribution in [0.5, 0.6) is 0 Å². The summed E-state index contributed by atoms with van der Waals surface area (Å²) >= 11 is 0. The zero-order valence-corrected chi connectivity index (χ0v) is 16.6. The molecule has 1 aliphatic rings. The van der Waals surface area contributed by atoms with Gasteiger partial charge in [0.15, 0.2) is 5.65 Å². The molecule has 0 spiro atoms. The molecule has 3 heterocycles. The van der Waals surface area contributed by atoms with Gasteiger partial charge in [-0.15, -0.1) is 0 Å². The third kappa shape index (κ3) is 4.09. The predicted molar refractivity (Wildman–Crippen MR) is 111 cm³/mol. The number of nitrogens with one attached hydrogen (secondary N) is 1. The third-order valence-electron chi connectivity index (χ3n) is 5.58. The van der Waals surface area contributed by atoms with Crippen molar-refractivity contribution in [2.24, 2.45) is 0 Å². The summed E-state index contributed by atoms with van der Waals surface area (Å²) in [5.74, 6) is 0.618. The van der Waals surface area contributed by atoms with E-state index in [1.54, 1.807) is 18.5 Å². The van der Waals surface area contributed by atoms with Crippen LogP contribution in [0.4, 0.5) is 10.2 Å². The van der Waals surface area contributed by atoms with Crippen molar-refractivity contribution in [1.29, 1.82) is 0 Å². The van der Waals surface area contributed by atoms with Crippen LogP contribution in [-0.2, 0) is 4.79 Å². The Balaban J connectivity index is 1.53. The average Bonchev–Trinajstić information content (AvgIpc) is 3.12. The Labute approximate surface area is 169 Å². The highest BCUT2D eigenvalue weighted by Gasteiger charge is 2.25. The lowest BCUT2D eigenvalue weighted by Crippen LogP contribution is -2.43. The fraction of sp³-hybridized carbons (Fsp3) is 0.409. The lowest BCUT2D eigenvalue weighted by molar-refractivity contribution is -0.134. The molecule has 0 aliphatic carbocycles. The van der Waals surface area contributed by atoms with Crippen LogP contribution in [0.2, 0.25) is 0 Å². The summed E-state index contributed by atoms with van der Waals surface area (Å²) in [7, 11) is 0. The number of amides is 1. The van der Waals surface area contributed by atoms with E-state index < -0.39 is 0 Å². The molecule has 7 heteroatoms. The van der Waals surface area contributed by atoms with Crippen molar-refractivity contribution in [2.45, 2.75) is 45.1 Å². The Morgan fingerprint density at radius 3 is 3.07 bits per heavy atom. The van der Waals surface area contributed by atoms with E-state index in [1.165, 1.54) is 18.6 Å². The highest BCUT2D eigenvalue weighted by molar-refractivity contribution is 5.79. The van der Waals surface area contributed by atoms with E-state index in [4.69, 9.17) is 0 Å². The van der Waals surface area contributed by atoms with Crippen LogP contribution in [0.25, 0.3) is 16.9 Å². The Bertz CT molecular complexity index is 1000. The second-order valence-electron chi connectivity index (χ2n) is 7.45. The number of likely N-dealkylation sites (tertiary alicyclic amines) is 1. The van der Waals surface area contributed by atoms with E-state index in [0.29, 0.717) is 35.9 Å². The molecule has 1 saturated heterocycles. The van der Waals surface area contributed by atoms with Crippen molar-refractivity contribution in [3.05, 3.63) is 48.7 Å². The number of halogens is 1. The van der Waals surface area contributed by atoms with Crippen molar-refractivity contribution in [1.82, 2.24) is 19.3 Å². The molecule has 1 atom stereocenters. The first-order chi connectivity index (χ1) is 14.2. The fourth-order valence-corrected chi connectivity index (χ4v) is 4.10. The molecule has 1 fully saturated rings. The number of fused-ring (bicyclic) bond motifs is 1. The number of benzene rings is 1. The lowest BCUT2D eigenvalue weighted by Gasteiger charge is -2.35. The van der Waals surface area contributed by atoms with Crippen LogP contribution in [-0.4, -0.2) is 44.3 Å². The Morgan fingerprint density at radius 1 is 1.34 bits per heavy atom. The molecule has 3 aromatic rings. The zero-order chi connectivity index (χ0) is 20.2. The number of hydrogen-bond acceptors (Lipinski definition) is 4. The van der Waals surface area contributed by atoms with Crippen LogP contribution in [0, 0.1) is 5.82 Å². The van der Waals surface area contributed by atoms with E-state index in [-0.39, 0.29) is 11.7 Å². The summed E-state index contributed by atoms with van der Waals surface area (Å²) in [5, 5.41) is 3.36. The topological polar surface area (TPSA) is 62.5 Å². The molecule has 152 valence electrons. The number of anilines is 1. The van der Waals surface area contributed by atoms with Crippen molar-refractivity contribution in [2.75, 3.05) is 18.4 Å². The van der Waals surface area contributed by atoms with E-state index in [9.17, 15) is 9.18 Å². The molecular formula is C22H26FN5O. The molecule has 29 heavy (non-hydrogen) atoms. The van der Waals surface area contributed by atoms with E-state index in [0.717, 1.165) is 31.6 Å². The van der Waals surface area contributed by atoms with Gasteiger partial charge in [-0.05, 0) is 37.8 Å². The minimum Gasteiger partial charge on any atom is -0.369 e. The molecule has 0 radical (unpaired) electrons. The minimum absolute atomic E-state index is 0.187. The molecule has 1 aromatic carbocycles. The SMILES string of the molecule is CCC1CCCCN1C(=O)CCNc1c(-c2cccc(F)c2)nc2cnccn12. The molecule has 2 aromatic heterocycles. The second kappa shape index (κ2) is 8.59. The molecule has 0 saturated carbocycles. The normalized spacial score (nSPS) is 16.9. The number of aromatic nitrogens is 3. The van der Waals surface area contributed by atoms with Gasteiger partial charge in [-0.25, -0.2) is 9.37 Å². The molecule has 1 amide bonds.